The van der Waals surface area contributed by atoms with Crippen LogP contribution in [0.1, 0.15) is 20.8 Å². The summed E-state index contributed by atoms with van der Waals surface area (Å²) < 4.78 is 74.8. The molecule has 0 radical (unpaired) electrons. The SMILES string of the molecule is CC(=O)N[C@H]1[C@H](O[C@H]2[C@H](O)[C@@H](NC(C)=O)C(O)O[C@@H]2CO[C@H]2O[C@H](C)[C@H](O)[C@H](O)[C@H]2O)O[C@H](CO)[C@@H](O[C@@H]2O[C@H](CO[C@H]3O[C@H](CO)[C@@H](O)[C@H](O)[C@@H]3O)[C@@H](O)[C@H](O[C@H]3O[C@H](CO)[C@@H](O)[C@H](O)[C@@H]3O[C@@H]3OC[C@@H](O)[C@H](O)[C@H]3O)[C@@H]2O)[C@@H]1O. The van der Waals surface area contributed by atoms with Crippen LogP contribution in [0, 0.1) is 0 Å². The summed E-state index contributed by atoms with van der Waals surface area (Å²) in [5.41, 5.74) is 0. The van der Waals surface area contributed by atoms with E-state index in [0.717, 1.165) is 13.8 Å². The summed E-state index contributed by atoms with van der Waals surface area (Å²) >= 11 is 0. The minimum Gasteiger partial charge on any atom is -0.394 e. The largest absolute Gasteiger partial charge is 0.394 e. The molecule has 7 fully saturated rings. The number of aliphatic hydroxyl groups is 19. The van der Waals surface area contributed by atoms with Crippen molar-refractivity contribution in [2.24, 2.45) is 0 Å². The summed E-state index contributed by atoms with van der Waals surface area (Å²) in [6.07, 6.45) is -60.5. The van der Waals surface area contributed by atoms with Crippen LogP contribution >= 0.6 is 0 Å². The molecule has 7 saturated heterocycles. The van der Waals surface area contributed by atoms with E-state index in [-0.39, 0.29) is 0 Å². The fourth-order valence-electron chi connectivity index (χ4n) is 10.2. The quantitative estimate of drug-likeness (QED) is 0.0571. The topological polar surface area (TPSA) is 563 Å². The molecule has 36 nitrogen and oxygen atoms in total. The van der Waals surface area contributed by atoms with E-state index in [4.69, 9.17) is 61.6 Å². The lowest BCUT2D eigenvalue weighted by Gasteiger charge is -2.50. The summed E-state index contributed by atoms with van der Waals surface area (Å²) in [6, 6.07) is -3.49. The van der Waals surface area contributed by atoms with E-state index in [1.165, 1.54) is 6.92 Å². The first-order valence-electron chi connectivity index (χ1n) is 25.9. The second kappa shape index (κ2) is 28.4. The van der Waals surface area contributed by atoms with Gasteiger partial charge in [-0.05, 0) is 6.92 Å². The Morgan fingerprint density at radius 1 is 0.395 bits per heavy atom. The van der Waals surface area contributed by atoms with Crippen LogP contribution in [-0.4, -0.2) is 357 Å². The Kier molecular flexibility index (Phi) is 23.2. The smallest absolute Gasteiger partial charge is 0.217 e. The van der Waals surface area contributed by atoms with Crippen molar-refractivity contribution in [2.75, 3.05) is 39.6 Å². The molecule has 0 spiro atoms. The van der Waals surface area contributed by atoms with Crippen LogP contribution in [0.2, 0.25) is 0 Å². The molecule has 470 valence electrons. The predicted molar refractivity (Wildman–Crippen MR) is 248 cm³/mol. The zero-order valence-electron chi connectivity index (χ0n) is 43.5. The summed E-state index contributed by atoms with van der Waals surface area (Å²) in [5.74, 6) is -1.65. The maximum Gasteiger partial charge on any atom is 0.217 e. The highest BCUT2D eigenvalue weighted by Gasteiger charge is 2.58. The van der Waals surface area contributed by atoms with Crippen molar-refractivity contribution in [3.05, 3.63) is 0 Å². The van der Waals surface area contributed by atoms with Crippen LogP contribution in [0.5, 0.6) is 0 Å². The molecule has 0 aromatic carbocycles. The zero-order chi connectivity index (χ0) is 59.6. The first kappa shape index (κ1) is 66.2. The van der Waals surface area contributed by atoms with Gasteiger partial charge in [-0.3, -0.25) is 9.59 Å². The lowest BCUT2D eigenvalue weighted by molar-refractivity contribution is -0.395. The minimum atomic E-state index is -2.34. The highest BCUT2D eigenvalue weighted by molar-refractivity contribution is 5.73. The Hall–Kier alpha value is -2.34. The number of aliphatic hydroxyl groups excluding tert-OH is 19. The second-order valence-corrected chi connectivity index (χ2v) is 20.7. The van der Waals surface area contributed by atoms with Crippen LogP contribution in [-0.2, 0) is 71.2 Å². The van der Waals surface area contributed by atoms with Gasteiger partial charge in [0, 0.05) is 13.8 Å². The molecule has 0 aromatic rings. The summed E-state index contributed by atoms with van der Waals surface area (Å²) in [4.78, 5) is 25.0. The Morgan fingerprint density at radius 3 is 1.46 bits per heavy atom. The second-order valence-electron chi connectivity index (χ2n) is 20.7. The van der Waals surface area contributed by atoms with Crippen molar-refractivity contribution in [1.82, 2.24) is 10.6 Å². The van der Waals surface area contributed by atoms with E-state index in [1.807, 2.05) is 0 Å². The van der Waals surface area contributed by atoms with E-state index in [1.54, 1.807) is 0 Å². The molecule has 2 amide bonds. The summed E-state index contributed by atoms with van der Waals surface area (Å²) in [5, 5.41) is 210. The van der Waals surface area contributed by atoms with E-state index in [2.05, 4.69) is 10.6 Å². The van der Waals surface area contributed by atoms with Crippen molar-refractivity contribution in [2.45, 2.75) is 229 Å². The van der Waals surface area contributed by atoms with Crippen LogP contribution in [0.4, 0.5) is 0 Å². The number of rotatable bonds is 19. The van der Waals surface area contributed by atoms with Crippen molar-refractivity contribution in [1.29, 1.82) is 0 Å². The molecule has 81 heavy (non-hydrogen) atoms. The van der Waals surface area contributed by atoms with Gasteiger partial charge in [-0.25, -0.2) is 0 Å². The standard InChI is InChI=1S/C45H76N2O34/c1-10-21(54)28(61)32(65)41(72-10)71-9-18-36(26(59)19(39(68)73-18)46-11(2)51)78-40-20(47-12(3)52)27(60)35(16(6-50)76-40)79-44-34(67)37(25(58)17(77-44)8-70-42-33(66)29(62)23(56)14(4-48)74-42)80-45-38(30(63)24(57)15(5-49)75-45)81-43-31(64)22(55)13(53)7-69-43/h10,13-45,48-50,53-68H,4-9H2,1-3H3,(H,46,51)(H,47,52)/t10-,13-,14-,15-,16-,17-,18-,19-,20-,21+,22+,23-,24-,25-,26-,27-,28+,29+,30+,31-,32-,33+,34+,35-,36-,37+,38+,39?,40+,41+,42+,43+,44+,45-/m1/s1. The van der Waals surface area contributed by atoms with Gasteiger partial charge < -0.3 is 169 Å². The minimum absolute atomic E-state index is 0.621. The normalized spacial score (nSPS) is 50.8. The monoisotopic (exact) mass is 1190 g/mol. The molecule has 0 bridgehead atoms. The van der Waals surface area contributed by atoms with Gasteiger partial charge in [-0.1, -0.05) is 0 Å². The Morgan fingerprint density at radius 2 is 0.852 bits per heavy atom. The van der Waals surface area contributed by atoms with Crippen molar-refractivity contribution in [3.8, 4) is 0 Å². The lowest BCUT2D eigenvalue weighted by Crippen LogP contribution is -2.70. The Balaban J connectivity index is 1.17. The Labute approximate surface area is 459 Å². The Bertz CT molecular complexity index is 1990. The van der Waals surface area contributed by atoms with Gasteiger partial charge in [0.05, 0.1) is 45.7 Å². The van der Waals surface area contributed by atoms with Crippen molar-refractivity contribution < 1.29 is 168 Å². The fourth-order valence-corrected chi connectivity index (χ4v) is 10.2. The van der Waals surface area contributed by atoms with Crippen molar-refractivity contribution >= 4 is 11.8 Å². The molecule has 7 rings (SSSR count). The van der Waals surface area contributed by atoms with Gasteiger partial charge in [-0.15, -0.1) is 0 Å². The van der Waals surface area contributed by atoms with Crippen LogP contribution < -0.4 is 10.6 Å². The van der Waals surface area contributed by atoms with Crippen LogP contribution in [0.25, 0.3) is 0 Å². The molecule has 21 N–H and O–H groups in total. The van der Waals surface area contributed by atoms with Gasteiger partial charge >= 0.3 is 0 Å². The summed E-state index contributed by atoms with van der Waals surface area (Å²) in [6.45, 7) is -1.94. The first-order valence-corrected chi connectivity index (χ1v) is 25.9. The highest BCUT2D eigenvalue weighted by Crippen LogP contribution is 2.37. The maximum atomic E-state index is 12.8. The molecule has 1 unspecified atom stereocenters. The number of hydrogen-bond acceptors (Lipinski definition) is 34. The predicted octanol–water partition coefficient (Wildman–Crippen LogP) is -14.3. The first-order chi connectivity index (χ1) is 38.2. The van der Waals surface area contributed by atoms with Gasteiger partial charge in [0.1, 0.15) is 159 Å². The molecular weight excluding hydrogens is 1110 g/mol. The molecule has 36 heteroatoms. The van der Waals surface area contributed by atoms with E-state index in [9.17, 15) is 107 Å². The van der Waals surface area contributed by atoms with Gasteiger partial charge in [0.25, 0.3) is 0 Å². The number of nitrogens with one attached hydrogen (secondary N) is 2. The van der Waals surface area contributed by atoms with E-state index in [0.29, 0.717) is 0 Å². The fraction of sp³-hybridized carbons (Fsp3) is 0.956. The highest BCUT2D eigenvalue weighted by atomic mass is 16.8. The third-order valence-corrected chi connectivity index (χ3v) is 14.9. The van der Waals surface area contributed by atoms with Crippen LogP contribution in [0.3, 0.4) is 0 Å². The third-order valence-electron chi connectivity index (χ3n) is 14.9. The third kappa shape index (κ3) is 14.6. The number of hydrogen-bond donors (Lipinski definition) is 21. The molecule has 0 aliphatic carbocycles. The molecule has 0 aromatic heterocycles. The van der Waals surface area contributed by atoms with Gasteiger partial charge in [-0.2, -0.15) is 0 Å². The van der Waals surface area contributed by atoms with Crippen LogP contribution in [0.15, 0.2) is 0 Å². The van der Waals surface area contributed by atoms with Gasteiger partial charge in [0.2, 0.25) is 11.8 Å². The van der Waals surface area contributed by atoms with E-state index < -0.39 is 260 Å². The average Bonchev–Trinajstić information content (AvgIpc) is 3.57. The molecule has 34 atom stereocenters. The number of carbonyl (C=O) groups is 2. The number of carbonyl (C=O) groups excluding carboxylic acids is 2. The lowest BCUT2D eigenvalue weighted by atomic mass is 9.93. The summed E-state index contributed by atoms with van der Waals surface area (Å²) in [7, 11) is 0. The molecule has 7 heterocycles. The van der Waals surface area contributed by atoms with Crippen molar-refractivity contribution in [3.63, 3.8) is 0 Å². The molecule has 0 saturated carbocycles. The maximum absolute atomic E-state index is 12.8. The number of amides is 2. The van der Waals surface area contributed by atoms with Gasteiger partial charge in [0.15, 0.2) is 44.0 Å². The molecule has 7 aliphatic heterocycles. The molecule has 7 aliphatic rings. The molecular formula is C45H76N2O34. The number of ether oxygens (including phenoxy) is 13. The average molecular weight is 1190 g/mol. The van der Waals surface area contributed by atoms with E-state index >= 15 is 0 Å². The zero-order valence-corrected chi connectivity index (χ0v) is 43.5.